The average molecular weight is 813 g/mol. The summed E-state index contributed by atoms with van der Waals surface area (Å²) in [6.45, 7) is 6.89. The predicted molar refractivity (Wildman–Crippen MR) is 248 cm³/mol. The molecule has 0 fully saturated rings. The molecule has 0 aromatic heterocycles. The van der Waals surface area contributed by atoms with E-state index in [1.165, 1.54) is 193 Å². The van der Waals surface area contributed by atoms with Gasteiger partial charge in [-0.2, -0.15) is 0 Å². The molecule has 0 amide bonds. The lowest BCUT2D eigenvalue weighted by molar-refractivity contribution is 0.0109. The fourth-order valence-electron chi connectivity index (χ4n) is 7.87. The maximum absolute atomic E-state index is 10.5. The minimum atomic E-state index is -0.674. The number of benzene rings is 2. The Hall–Kier alpha value is -1.86. The van der Waals surface area contributed by atoms with Crippen molar-refractivity contribution in [2.75, 3.05) is 39.6 Å². The Morgan fingerprint density at radius 3 is 1.16 bits per heavy atom. The average Bonchev–Trinajstić information content (AvgIpc) is 3.23. The Labute approximate surface area is 357 Å². The van der Waals surface area contributed by atoms with Crippen molar-refractivity contribution in [2.24, 2.45) is 0 Å². The first-order valence-corrected chi connectivity index (χ1v) is 24.9. The first kappa shape index (κ1) is 52.3. The van der Waals surface area contributed by atoms with E-state index in [2.05, 4.69) is 13.8 Å². The van der Waals surface area contributed by atoms with Crippen LogP contribution in [0.1, 0.15) is 219 Å². The number of rotatable bonds is 44. The van der Waals surface area contributed by atoms with Gasteiger partial charge in [0.25, 0.3) is 0 Å². The van der Waals surface area contributed by atoms with Gasteiger partial charge in [-0.1, -0.05) is 219 Å². The number of fused-ring (bicyclic) bond motifs is 1. The molecule has 2 rings (SSSR count). The van der Waals surface area contributed by atoms with Crippen LogP contribution in [-0.2, 0) is 9.47 Å². The molecule has 58 heavy (non-hydrogen) atoms. The molecule has 2 aromatic carbocycles. The van der Waals surface area contributed by atoms with Crippen molar-refractivity contribution in [3.63, 3.8) is 0 Å². The van der Waals surface area contributed by atoms with E-state index in [1.807, 2.05) is 36.4 Å². The molecule has 0 aliphatic carbocycles. The van der Waals surface area contributed by atoms with Crippen LogP contribution in [0.4, 0.5) is 0 Å². The van der Waals surface area contributed by atoms with Gasteiger partial charge in [0.05, 0.1) is 13.2 Å². The van der Waals surface area contributed by atoms with Crippen LogP contribution in [0.25, 0.3) is 10.8 Å². The highest BCUT2D eigenvalue weighted by molar-refractivity contribution is 5.89. The zero-order chi connectivity index (χ0) is 41.4. The highest BCUT2D eigenvalue weighted by atomic mass is 16.5. The van der Waals surface area contributed by atoms with E-state index in [0.717, 1.165) is 29.4 Å². The van der Waals surface area contributed by atoms with E-state index in [4.69, 9.17) is 18.9 Å². The molecule has 2 aromatic rings. The monoisotopic (exact) mass is 813 g/mol. The van der Waals surface area contributed by atoms with Gasteiger partial charge in [0.2, 0.25) is 0 Å². The van der Waals surface area contributed by atoms with Gasteiger partial charge < -0.3 is 29.2 Å². The lowest BCUT2D eigenvalue weighted by Gasteiger charge is -2.15. The van der Waals surface area contributed by atoms with Crippen molar-refractivity contribution >= 4 is 10.8 Å². The van der Waals surface area contributed by atoms with Gasteiger partial charge in [-0.25, -0.2) is 0 Å². The summed E-state index contributed by atoms with van der Waals surface area (Å²) >= 11 is 0. The third-order valence-electron chi connectivity index (χ3n) is 11.6. The number of hydrogen-bond donors (Lipinski definition) is 2. The van der Waals surface area contributed by atoms with Crippen molar-refractivity contribution in [2.45, 2.75) is 232 Å². The molecule has 0 bridgehead atoms. The standard InChI is InChI=1S/C52H92O6/c1-3-5-7-9-11-13-15-17-19-21-23-25-27-29-31-33-40-55-43-48(53)45-57-50-38-39-51-47(42-50)36-35-37-52(51)58-46-49(54)44-56-41-34-32-30-28-26-24-22-20-18-16-14-12-10-8-6-4-2/h35-39,42,48-49,53-54H,3-34,40-41,43-46H2,1-2H3. The van der Waals surface area contributed by atoms with Gasteiger partial charge >= 0.3 is 0 Å². The first-order chi connectivity index (χ1) is 28.6. The zero-order valence-electron chi connectivity index (χ0n) is 38.0. The molecule has 6 heteroatoms. The fourth-order valence-corrected chi connectivity index (χ4v) is 7.87. The van der Waals surface area contributed by atoms with Crippen LogP contribution < -0.4 is 9.47 Å². The van der Waals surface area contributed by atoms with E-state index >= 15 is 0 Å². The lowest BCUT2D eigenvalue weighted by Crippen LogP contribution is -2.24. The Bertz CT molecular complexity index is 1160. The molecule has 2 atom stereocenters. The van der Waals surface area contributed by atoms with E-state index in [9.17, 15) is 10.2 Å². The summed E-state index contributed by atoms with van der Waals surface area (Å²) in [5, 5.41) is 22.8. The summed E-state index contributed by atoms with van der Waals surface area (Å²) in [5.41, 5.74) is 0. The predicted octanol–water partition coefficient (Wildman–Crippen LogP) is 14.9. The summed E-state index contributed by atoms with van der Waals surface area (Å²) in [6, 6.07) is 11.7. The summed E-state index contributed by atoms with van der Waals surface area (Å²) in [7, 11) is 0. The largest absolute Gasteiger partial charge is 0.491 e. The maximum atomic E-state index is 10.5. The number of hydrogen-bond acceptors (Lipinski definition) is 6. The van der Waals surface area contributed by atoms with Gasteiger partial charge in [0, 0.05) is 18.6 Å². The van der Waals surface area contributed by atoms with E-state index in [0.29, 0.717) is 19.0 Å². The second-order valence-electron chi connectivity index (χ2n) is 17.3. The van der Waals surface area contributed by atoms with E-state index < -0.39 is 12.2 Å². The van der Waals surface area contributed by atoms with Gasteiger partial charge in [-0.05, 0) is 42.5 Å². The number of unbranched alkanes of at least 4 members (excludes halogenated alkanes) is 30. The van der Waals surface area contributed by atoms with Crippen LogP contribution in [0.15, 0.2) is 36.4 Å². The SMILES string of the molecule is CCCCCCCCCCCCCCCCCCOCC(O)COc1ccc2c(OCC(O)COCCCCCCCCCCCCCCCCCC)cccc2c1. The van der Waals surface area contributed by atoms with Crippen LogP contribution >= 0.6 is 0 Å². The third-order valence-corrected chi connectivity index (χ3v) is 11.6. The van der Waals surface area contributed by atoms with Gasteiger partial charge in [-0.3, -0.25) is 0 Å². The Balaban J connectivity index is 1.41. The normalized spacial score (nSPS) is 12.7. The molecule has 0 saturated heterocycles. The lowest BCUT2D eigenvalue weighted by atomic mass is 10.0. The summed E-state index contributed by atoms with van der Waals surface area (Å²) < 4.78 is 23.4. The highest BCUT2D eigenvalue weighted by Gasteiger charge is 2.10. The van der Waals surface area contributed by atoms with Crippen molar-refractivity contribution in [3.8, 4) is 11.5 Å². The van der Waals surface area contributed by atoms with Gasteiger partial charge in [-0.15, -0.1) is 0 Å². The van der Waals surface area contributed by atoms with E-state index in [-0.39, 0.29) is 26.4 Å². The number of aliphatic hydroxyl groups is 2. The van der Waals surface area contributed by atoms with Gasteiger partial charge in [0.1, 0.15) is 36.9 Å². The molecule has 2 N–H and O–H groups in total. The van der Waals surface area contributed by atoms with E-state index in [1.54, 1.807) is 0 Å². The Morgan fingerprint density at radius 2 is 0.759 bits per heavy atom. The molecule has 0 aliphatic rings. The summed E-state index contributed by atoms with van der Waals surface area (Å²) in [4.78, 5) is 0. The molecule has 2 unspecified atom stereocenters. The molecule has 0 radical (unpaired) electrons. The summed E-state index contributed by atoms with van der Waals surface area (Å²) in [5.74, 6) is 1.42. The van der Waals surface area contributed by atoms with Crippen molar-refractivity contribution in [1.29, 1.82) is 0 Å². The molecular weight excluding hydrogens is 721 g/mol. The number of aliphatic hydroxyl groups excluding tert-OH is 2. The minimum absolute atomic E-state index is 0.182. The van der Waals surface area contributed by atoms with Crippen LogP contribution in [0.5, 0.6) is 11.5 Å². The van der Waals surface area contributed by atoms with Crippen molar-refractivity contribution in [1.82, 2.24) is 0 Å². The quantitative estimate of drug-likeness (QED) is 0.0649. The van der Waals surface area contributed by atoms with Crippen LogP contribution in [0.3, 0.4) is 0 Å². The fraction of sp³-hybridized carbons (Fsp3) is 0.808. The minimum Gasteiger partial charge on any atom is -0.491 e. The smallest absolute Gasteiger partial charge is 0.127 e. The first-order valence-electron chi connectivity index (χ1n) is 24.9. The van der Waals surface area contributed by atoms with Crippen LogP contribution in [-0.4, -0.2) is 62.1 Å². The summed E-state index contributed by atoms with van der Waals surface area (Å²) in [6.07, 6.45) is 42.1. The Morgan fingerprint density at radius 1 is 0.397 bits per heavy atom. The van der Waals surface area contributed by atoms with Crippen molar-refractivity contribution in [3.05, 3.63) is 36.4 Å². The molecular formula is C52H92O6. The molecule has 0 aliphatic heterocycles. The zero-order valence-corrected chi connectivity index (χ0v) is 38.0. The molecule has 0 heterocycles. The Kier molecular flexibility index (Phi) is 35.4. The molecule has 0 saturated carbocycles. The van der Waals surface area contributed by atoms with Gasteiger partial charge in [0.15, 0.2) is 0 Å². The molecule has 0 spiro atoms. The number of ether oxygens (including phenoxy) is 4. The topological polar surface area (TPSA) is 77.4 Å². The molecule has 336 valence electrons. The molecule has 6 nitrogen and oxygen atoms in total. The maximum Gasteiger partial charge on any atom is 0.127 e. The van der Waals surface area contributed by atoms with Crippen LogP contribution in [0, 0.1) is 0 Å². The van der Waals surface area contributed by atoms with Crippen LogP contribution in [0.2, 0.25) is 0 Å². The second-order valence-corrected chi connectivity index (χ2v) is 17.3. The second kappa shape index (κ2) is 39.3. The third kappa shape index (κ3) is 30.2. The van der Waals surface area contributed by atoms with Crippen molar-refractivity contribution < 1.29 is 29.2 Å². The highest BCUT2D eigenvalue weighted by Crippen LogP contribution is 2.29.